The zero-order chi connectivity index (χ0) is 29.8. The molecular weight excluding hydrogens is 519 g/mol. The van der Waals surface area contributed by atoms with Crippen LogP contribution in [0, 0.1) is 11.2 Å². The molecule has 0 fully saturated rings. The van der Waals surface area contributed by atoms with Crippen molar-refractivity contribution in [3.63, 3.8) is 0 Å². The van der Waals surface area contributed by atoms with E-state index in [0.717, 1.165) is 62.1 Å². The number of methoxy groups -OCH3 is 1. The molecule has 0 N–H and O–H groups in total. The minimum Gasteiger partial charge on any atom is -0.459 e. The summed E-state index contributed by atoms with van der Waals surface area (Å²) in [6.45, 7) is 9.10. The lowest BCUT2D eigenvalue weighted by Crippen LogP contribution is -2.24. The highest BCUT2D eigenvalue weighted by Gasteiger charge is 2.22. The first kappa shape index (κ1) is 32.0. The van der Waals surface area contributed by atoms with E-state index >= 15 is 0 Å². The van der Waals surface area contributed by atoms with Crippen molar-refractivity contribution in [1.82, 2.24) is 0 Å². The van der Waals surface area contributed by atoms with Gasteiger partial charge in [0, 0.05) is 7.11 Å². The maximum absolute atomic E-state index is 14.7. The van der Waals surface area contributed by atoms with E-state index in [0.29, 0.717) is 12.2 Å². The SMILES string of the molecule is CCCCCCC(C)OC(=O)c1ccc(OC(=O)c2ccc(-c3ccc(CC(C)(CC)COC)cc3)cc2)c(F)c1. The lowest BCUT2D eigenvalue weighted by Gasteiger charge is -2.27. The maximum atomic E-state index is 14.7. The molecule has 0 saturated carbocycles. The van der Waals surface area contributed by atoms with Crippen LogP contribution in [-0.2, 0) is 15.9 Å². The maximum Gasteiger partial charge on any atom is 0.343 e. The Bertz CT molecular complexity index is 1270. The first-order valence-electron chi connectivity index (χ1n) is 14.6. The zero-order valence-electron chi connectivity index (χ0n) is 25.0. The van der Waals surface area contributed by atoms with E-state index in [4.69, 9.17) is 14.2 Å². The summed E-state index contributed by atoms with van der Waals surface area (Å²) in [6, 6.07) is 19.1. The minimum absolute atomic E-state index is 0.0797. The number of rotatable bonds is 15. The van der Waals surface area contributed by atoms with Gasteiger partial charge in [-0.1, -0.05) is 76.4 Å². The zero-order valence-corrected chi connectivity index (χ0v) is 25.0. The quantitative estimate of drug-likeness (QED) is 0.105. The van der Waals surface area contributed by atoms with Gasteiger partial charge >= 0.3 is 11.9 Å². The molecule has 0 radical (unpaired) electrons. The van der Waals surface area contributed by atoms with Gasteiger partial charge in [0.25, 0.3) is 0 Å². The number of unbranched alkanes of at least 4 members (excludes halogenated alkanes) is 3. The first-order chi connectivity index (χ1) is 19.7. The molecule has 0 saturated heterocycles. The average molecular weight is 563 g/mol. The lowest BCUT2D eigenvalue weighted by molar-refractivity contribution is 0.0319. The molecule has 0 aliphatic rings. The average Bonchev–Trinajstić information content (AvgIpc) is 2.97. The smallest absolute Gasteiger partial charge is 0.343 e. The van der Waals surface area contributed by atoms with Crippen LogP contribution in [0.2, 0.25) is 0 Å². The molecule has 2 unspecified atom stereocenters. The Hall–Kier alpha value is -3.51. The summed E-state index contributed by atoms with van der Waals surface area (Å²) < 4.78 is 30.8. The number of hydrogen-bond donors (Lipinski definition) is 0. The number of esters is 2. The van der Waals surface area contributed by atoms with Gasteiger partial charge < -0.3 is 14.2 Å². The fraction of sp³-hybridized carbons (Fsp3) is 0.429. The lowest BCUT2D eigenvalue weighted by atomic mass is 9.82. The molecule has 0 amide bonds. The van der Waals surface area contributed by atoms with Gasteiger partial charge in [0.1, 0.15) is 0 Å². The van der Waals surface area contributed by atoms with Crippen molar-refractivity contribution in [2.45, 2.75) is 78.7 Å². The summed E-state index contributed by atoms with van der Waals surface area (Å²) in [4.78, 5) is 25.1. The fourth-order valence-corrected chi connectivity index (χ4v) is 4.77. The summed E-state index contributed by atoms with van der Waals surface area (Å²) in [5.74, 6) is -2.32. The van der Waals surface area contributed by atoms with Gasteiger partial charge in [-0.3, -0.25) is 0 Å². The van der Waals surface area contributed by atoms with Crippen LogP contribution < -0.4 is 4.74 Å². The number of benzene rings is 3. The third kappa shape index (κ3) is 9.53. The van der Waals surface area contributed by atoms with E-state index in [1.807, 2.05) is 19.1 Å². The Morgan fingerprint density at radius 1 is 0.854 bits per heavy atom. The third-order valence-corrected chi connectivity index (χ3v) is 7.53. The Morgan fingerprint density at radius 2 is 1.49 bits per heavy atom. The van der Waals surface area contributed by atoms with Crippen LogP contribution >= 0.6 is 0 Å². The highest BCUT2D eigenvalue weighted by Crippen LogP contribution is 2.29. The van der Waals surface area contributed by atoms with Crippen molar-refractivity contribution in [3.8, 4) is 16.9 Å². The normalized spacial score (nSPS) is 13.3. The largest absolute Gasteiger partial charge is 0.459 e. The van der Waals surface area contributed by atoms with Crippen LogP contribution in [-0.4, -0.2) is 31.8 Å². The van der Waals surface area contributed by atoms with Crippen molar-refractivity contribution in [3.05, 3.63) is 89.2 Å². The highest BCUT2D eigenvalue weighted by molar-refractivity contribution is 5.92. The van der Waals surface area contributed by atoms with Gasteiger partial charge in [-0.15, -0.1) is 0 Å². The molecule has 0 aliphatic carbocycles. The Kier molecular flexibility index (Phi) is 12.1. The van der Waals surface area contributed by atoms with Crippen LogP contribution in [0.15, 0.2) is 66.7 Å². The first-order valence-corrected chi connectivity index (χ1v) is 14.6. The second-order valence-electron chi connectivity index (χ2n) is 11.1. The standard InChI is InChI=1S/C35H43FO5/c1-6-8-9-10-11-25(3)40-34(38)30-20-21-32(31(36)22-30)41-33(37)29-18-16-28(17-19-29)27-14-12-26(13-15-27)23-35(4,7-2)24-39-5/h12-22,25H,6-11,23-24H2,1-5H3. The van der Waals surface area contributed by atoms with Crippen molar-refractivity contribution in [2.24, 2.45) is 5.41 Å². The predicted octanol–water partition coefficient (Wildman–Crippen LogP) is 8.83. The molecule has 220 valence electrons. The topological polar surface area (TPSA) is 61.8 Å². The van der Waals surface area contributed by atoms with Gasteiger partial charge in [-0.25, -0.2) is 14.0 Å². The van der Waals surface area contributed by atoms with E-state index in [2.05, 4.69) is 45.0 Å². The molecule has 6 heteroatoms. The number of halogens is 1. The Morgan fingerprint density at radius 3 is 2.07 bits per heavy atom. The molecular formula is C35H43FO5. The van der Waals surface area contributed by atoms with Gasteiger partial charge in [0.2, 0.25) is 0 Å². The molecule has 3 aromatic rings. The highest BCUT2D eigenvalue weighted by atomic mass is 19.1. The number of hydrogen-bond acceptors (Lipinski definition) is 5. The van der Waals surface area contributed by atoms with Crippen LogP contribution in [0.3, 0.4) is 0 Å². The van der Waals surface area contributed by atoms with Gasteiger partial charge in [0.05, 0.1) is 23.8 Å². The molecule has 3 rings (SSSR count). The fourth-order valence-electron chi connectivity index (χ4n) is 4.77. The van der Waals surface area contributed by atoms with Crippen molar-refractivity contribution >= 4 is 11.9 Å². The van der Waals surface area contributed by atoms with Crippen LogP contribution in [0.25, 0.3) is 11.1 Å². The van der Waals surface area contributed by atoms with Crippen LogP contribution in [0.5, 0.6) is 5.75 Å². The van der Waals surface area contributed by atoms with Crippen molar-refractivity contribution < 1.29 is 28.2 Å². The summed E-state index contributed by atoms with van der Waals surface area (Å²) >= 11 is 0. The second-order valence-corrected chi connectivity index (χ2v) is 11.1. The number of ether oxygens (including phenoxy) is 3. The minimum atomic E-state index is -0.801. The van der Waals surface area contributed by atoms with E-state index in [-0.39, 0.29) is 22.8 Å². The van der Waals surface area contributed by atoms with Gasteiger partial charge in [-0.2, -0.15) is 0 Å². The monoisotopic (exact) mass is 562 g/mol. The molecule has 0 bridgehead atoms. The summed E-state index contributed by atoms with van der Waals surface area (Å²) in [5.41, 5.74) is 3.69. The molecule has 0 aliphatic heterocycles. The predicted molar refractivity (Wildman–Crippen MR) is 161 cm³/mol. The molecule has 5 nitrogen and oxygen atoms in total. The Balaban J connectivity index is 1.58. The van der Waals surface area contributed by atoms with E-state index in [1.165, 1.54) is 17.7 Å². The molecule has 0 aromatic heterocycles. The van der Waals surface area contributed by atoms with E-state index in [1.54, 1.807) is 19.2 Å². The second kappa shape index (κ2) is 15.5. The van der Waals surface area contributed by atoms with E-state index in [9.17, 15) is 14.0 Å². The van der Waals surface area contributed by atoms with Crippen molar-refractivity contribution in [1.29, 1.82) is 0 Å². The Labute approximate surface area is 244 Å². The van der Waals surface area contributed by atoms with Crippen molar-refractivity contribution in [2.75, 3.05) is 13.7 Å². The third-order valence-electron chi connectivity index (χ3n) is 7.53. The number of carbonyl (C=O) groups is 2. The summed E-state index contributed by atoms with van der Waals surface area (Å²) in [5, 5.41) is 0. The van der Waals surface area contributed by atoms with E-state index < -0.39 is 17.8 Å². The molecule has 0 spiro atoms. The van der Waals surface area contributed by atoms with Gasteiger partial charge in [-0.05, 0) is 85.0 Å². The number of carbonyl (C=O) groups excluding carboxylic acids is 2. The van der Waals surface area contributed by atoms with Gasteiger partial charge in [0.15, 0.2) is 11.6 Å². The van der Waals surface area contributed by atoms with Crippen LogP contribution in [0.1, 0.15) is 92.5 Å². The summed E-state index contributed by atoms with van der Waals surface area (Å²) in [6.07, 6.45) is 6.83. The molecule has 41 heavy (non-hydrogen) atoms. The summed E-state index contributed by atoms with van der Waals surface area (Å²) in [7, 11) is 1.74. The molecule has 3 aromatic carbocycles. The van der Waals surface area contributed by atoms with Crippen LogP contribution in [0.4, 0.5) is 4.39 Å². The molecule has 0 heterocycles. The molecule has 2 atom stereocenters.